The lowest BCUT2D eigenvalue weighted by Gasteiger charge is -2.17. The van der Waals surface area contributed by atoms with E-state index in [2.05, 4.69) is 22.6 Å². The molecular formula is C11H15ClINO2. The molecule has 1 aromatic carbocycles. The molecule has 0 aliphatic rings. The smallest absolute Gasteiger partial charge is 0.138 e. The van der Waals surface area contributed by atoms with E-state index in [0.29, 0.717) is 29.5 Å². The Morgan fingerprint density at radius 1 is 1.62 bits per heavy atom. The molecular weight excluding hydrogens is 340 g/mol. The van der Waals surface area contributed by atoms with Crippen molar-refractivity contribution >= 4 is 34.2 Å². The van der Waals surface area contributed by atoms with Crippen molar-refractivity contribution in [1.29, 1.82) is 0 Å². The fourth-order valence-electron chi connectivity index (χ4n) is 1.45. The van der Waals surface area contributed by atoms with Crippen LogP contribution in [0, 0.1) is 3.57 Å². The van der Waals surface area contributed by atoms with Gasteiger partial charge in [0.2, 0.25) is 0 Å². The molecule has 0 spiro atoms. The number of benzene rings is 1. The molecule has 0 heterocycles. The number of ether oxygens (including phenoxy) is 1. The summed E-state index contributed by atoms with van der Waals surface area (Å²) in [5.74, 6) is 0.683. The summed E-state index contributed by atoms with van der Waals surface area (Å²) >= 11 is 8.25. The predicted octanol–water partition coefficient (Wildman–Crippen LogP) is 2.86. The monoisotopic (exact) mass is 355 g/mol. The quantitative estimate of drug-likeness (QED) is 0.817. The van der Waals surface area contributed by atoms with Gasteiger partial charge in [-0.05, 0) is 42.5 Å². The van der Waals surface area contributed by atoms with Gasteiger partial charge >= 0.3 is 0 Å². The largest absolute Gasteiger partial charge is 0.492 e. The highest BCUT2D eigenvalue weighted by Crippen LogP contribution is 2.37. The van der Waals surface area contributed by atoms with Crippen LogP contribution in [0.3, 0.4) is 0 Å². The third-order valence-electron chi connectivity index (χ3n) is 2.24. The van der Waals surface area contributed by atoms with Crippen LogP contribution >= 0.6 is 34.2 Å². The van der Waals surface area contributed by atoms with Crippen molar-refractivity contribution in [2.24, 2.45) is 5.73 Å². The van der Waals surface area contributed by atoms with Crippen LogP contribution in [-0.2, 0) is 6.54 Å². The van der Waals surface area contributed by atoms with E-state index in [4.69, 9.17) is 22.1 Å². The van der Waals surface area contributed by atoms with E-state index < -0.39 is 6.10 Å². The molecule has 3 nitrogen and oxygen atoms in total. The maximum atomic E-state index is 9.67. The molecule has 0 radical (unpaired) electrons. The zero-order valence-electron chi connectivity index (χ0n) is 9.26. The van der Waals surface area contributed by atoms with Crippen LogP contribution in [-0.4, -0.2) is 11.7 Å². The van der Waals surface area contributed by atoms with E-state index in [9.17, 15) is 5.11 Å². The Hall–Kier alpha value is -0.0400. The lowest BCUT2D eigenvalue weighted by atomic mass is 10.1. The second-order valence-electron chi connectivity index (χ2n) is 3.38. The molecule has 90 valence electrons. The predicted molar refractivity (Wildman–Crippen MR) is 73.9 cm³/mol. The van der Waals surface area contributed by atoms with Gasteiger partial charge in [0.05, 0.1) is 16.3 Å². The van der Waals surface area contributed by atoms with E-state index in [1.165, 1.54) is 0 Å². The zero-order valence-corrected chi connectivity index (χ0v) is 12.2. The normalized spacial score (nSPS) is 12.6. The van der Waals surface area contributed by atoms with Crippen molar-refractivity contribution in [2.45, 2.75) is 26.5 Å². The van der Waals surface area contributed by atoms with Gasteiger partial charge in [0.1, 0.15) is 5.75 Å². The summed E-state index contributed by atoms with van der Waals surface area (Å²) < 4.78 is 6.42. The SMILES string of the molecule is CCOc1c(C(C)O)cc(Cl)c(CN)c1I. The van der Waals surface area contributed by atoms with Gasteiger partial charge in [-0.1, -0.05) is 11.6 Å². The molecule has 0 saturated carbocycles. The third kappa shape index (κ3) is 2.80. The van der Waals surface area contributed by atoms with Gasteiger partial charge in [-0.3, -0.25) is 0 Å². The van der Waals surface area contributed by atoms with Crippen LogP contribution in [0.2, 0.25) is 5.02 Å². The molecule has 0 amide bonds. The first kappa shape index (κ1) is 14.0. The van der Waals surface area contributed by atoms with Crippen LogP contribution in [0.15, 0.2) is 6.07 Å². The summed E-state index contributed by atoms with van der Waals surface area (Å²) in [7, 11) is 0. The molecule has 16 heavy (non-hydrogen) atoms. The topological polar surface area (TPSA) is 55.5 Å². The molecule has 5 heteroatoms. The molecule has 0 aliphatic heterocycles. The second-order valence-corrected chi connectivity index (χ2v) is 4.87. The number of nitrogens with two attached hydrogens (primary N) is 1. The highest BCUT2D eigenvalue weighted by Gasteiger charge is 2.18. The summed E-state index contributed by atoms with van der Waals surface area (Å²) in [5.41, 5.74) is 7.19. The van der Waals surface area contributed by atoms with Crippen LogP contribution < -0.4 is 10.5 Å². The maximum Gasteiger partial charge on any atom is 0.138 e. The molecule has 0 aliphatic carbocycles. The Bertz CT molecular complexity index is 383. The average Bonchev–Trinajstić information content (AvgIpc) is 2.22. The number of halogens is 2. The summed E-state index contributed by atoms with van der Waals surface area (Å²) in [6, 6.07) is 1.72. The highest BCUT2D eigenvalue weighted by molar-refractivity contribution is 14.1. The molecule has 0 fully saturated rings. The number of rotatable bonds is 4. The second kappa shape index (κ2) is 6.05. The maximum absolute atomic E-state index is 9.67. The average molecular weight is 356 g/mol. The lowest BCUT2D eigenvalue weighted by molar-refractivity contribution is 0.192. The van der Waals surface area contributed by atoms with Gasteiger partial charge < -0.3 is 15.6 Å². The molecule has 3 N–H and O–H groups in total. The highest BCUT2D eigenvalue weighted by atomic mass is 127. The first-order chi connectivity index (χ1) is 7.52. The van der Waals surface area contributed by atoms with Crippen molar-refractivity contribution < 1.29 is 9.84 Å². The van der Waals surface area contributed by atoms with Gasteiger partial charge in [-0.2, -0.15) is 0 Å². The van der Waals surface area contributed by atoms with Gasteiger partial charge in [0.25, 0.3) is 0 Å². The number of aliphatic hydroxyl groups excluding tert-OH is 1. The summed E-state index contributed by atoms with van der Waals surface area (Å²) in [4.78, 5) is 0. The Kier molecular flexibility index (Phi) is 5.30. The van der Waals surface area contributed by atoms with Crippen molar-refractivity contribution in [3.8, 4) is 5.75 Å². The van der Waals surface area contributed by atoms with Crippen LogP contribution in [0.4, 0.5) is 0 Å². The minimum Gasteiger partial charge on any atom is -0.492 e. The fraction of sp³-hybridized carbons (Fsp3) is 0.455. The van der Waals surface area contributed by atoms with Crippen LogP contribution in [0.1, 0.15) is 31.1 Å². The minimum absolute atomic E-state index is 0.358. The first-order valence-corrected chi connectivity index (χ1v) is 6.50. The standard InChI is InChI=1S/C11H15ClINO2/c1-3-16-11-7(6(2)15)4-9(12)8(5-14)10(11)13/h4,6,15H,3,5,14H2,1-2H3. The van der Waals surface area contributed by atoms with Gasteiger partial charge in [-0.15, -0.1) is 0 Å². The molecule has 1 rings (SSSR count). The van der Waals surface area contributed by atoms with Crippen LogP contribution in [0.5, 0.6) is 5.75 Å². The molecule has 0 bridgehead atoms. The van der Waals surface area contributed by atoms with Gasteiger partial charge in [0.15, 0.2) is 0 Å². The Balaban J connectivity index is 3.39. The molecule has 0 saturated heterocycles. The summed E-state index contributed by atoms with van der Waals surface area (Å²) in [6.45, 7) is 4.49. The van der Waals surface area contributed by atoms with Gasteiger partial charge in [0, 0.05) is 22.7 Å². The fourth-order valence-corrected chi connectivity index (χ4v) is 2.87. The third-order valence-corrected chi connectivity index (χ3v) is 3.72. The van der Waals surface area contributed by atoms with Crippen molar-refractivity contribution in [2.75, 3.05) is 6.61 Å². The van der Waals surface area contributed by atoms with E-state index >= 15 is 0 Å². The molecule has 1 aromatic rings. The Morgan fingerprint density at radius 3 is 2.69 bits per heavy atom. The van der Waals surface area contributed by atoms with E-state index in [0.717, 1.165) is 9.13 Å². The van der Waals surface area contributed by atoms with Crippen LogP contribution in [0.25, 0.3) is 0 Å². The Morgan fingerprint density at radius 2 is 2.25 bits per heavy atom. The number of aliphatic hydroxyl groups is 1. The summed E-state index contributed by atoms with van der Waals surface area (Å²) in [6.07, 6.45) is -0.612. The summed E-state index contributed by atoms with van der Waals surface area (Å²) in [5, 5.41) is 10.2. The van der Waals surface area contributed by atoms with E-state index in [1.807, 2.05) is 6.92 Å². The van der Waals surface area contributed by atoms with Crippen molar-refractivity contribution in [3.63, 3.8) is 0 Å². The number of hydrogen-bond donors (Lipinski definition) is 2. The van der Waals surface area contributed by atoms with Crippen molar-refractivity contribution in [3.05, 3.63) is 25.8 Å². The van der Waals surface area contributed by atoms with Gasteiger partial charge in [-0.25, -0.2) is 0 Å². The van der Waals surface area contributed by atoms with E-state index in [1.54, 1.807) is 13.0 Å². The molecule has 1 atom stereocenters. The lowest BCUT2D eigenvalue weighted by Crippen LogP contribution is -2.07. The zero-order chi connectivity index (χ0) is 12.3. The van der Waals surface area contributed by atoms with E-state index in [-0.39, 0.29) is 0 Å². The first-order valence-electron chi connectivity index (χ1n) is 5.04. The van der Waals surface area contributed by atoms with Crippen molar-refractivity contribution in [1.82, 2.24) is 0 Å². The molecule has 1 unspecified atom stereocenters. The minimum atomic E-state index is -0.612. The molecule has 0 aromatic heterocycles. The Labute approximate surface area is 114 Å². The number of hydrogen-bond acceptors (Lipinski definition) is 3.